The molecule has 13 heavy (non-hydrogen) atoms. The largest absolute Gasteiger partial charge is 0.508 e. The van der Waals surface area contributed by atoms with Crippen molar-refractivity contribution < 1.29 is 9.84 Å². The van der Waals surface area contributed by atoms with Gasteiger partial charge in [-0.1, -0.05) is 0 Å². The van der Waals surface area contributed by atoms with Crippen molar-refractivity contribution in [2.75, 3.05) is 11.9 Å². The molecule has 0 aromatic heterocycles. The number of anilines is 1. The minimum absolute atomic E-state index is 0.146. The van der Waals surface area contributed by atoms with E-state index in [1.807, 2.05) is 0 Å². The molecule has 62 valence electrons. The first kappa shape index (κ1) is 8.35. The van der Waals surface area contributed by atoms with E-state index in [1.54, 1.807) is 12.1 Å². The predicted octanol–water partition coefficient (Wildman–Crippen LogP) is 0.187. The summed E-state index contributed by atoms with van der Waals surface area (Å²) >= 11 is 0. The number of rotatable bonds is 0. The highest BCUT2D eigenvalue weighted by atomic mass is 16.5. The third kappa shape index (κ3) is 1.59. The summed E-state index contributed by atoms with van der Waals surface area (Å²) < 4.78 is 5.27. The summed E-state index contributed by atoms with van der Waals surface area (Å²) in [6.07, 6.45) is 0. The van der Waals surface area contributed by atoms with Crippen molar-refractivity contribution >= 4 is 21.4 Å². The van der Waals surface area contributed by atoms with Crippen molar-refractivity contribution in [3.05, 3.63) is 18.2 Å². The van der Waals surface area contributed by atoms with E-state index >= 15 is 0 Å². The molecule has 0 spiro atoms. The molecule has 1 aromatic rings. The molecule has 0 saturated carbocycles. The second kappa shape index (κ2) is 2.62. The quantitative estimate of drug-likeness (QED) is 0.547. The maximum Gasteiger partial charge on any atom is 0.142 e. The fourth-order valence-electron chi connectivity index (χ4n) is 1.23. The Hall–Kier alpha value is -1.25. The van der Waals surface area contributed by atoms with Gasteiger partial charge in [-0.25, -0.2) is 0 Å². The van der Waals surface area contributed by atoms with Crippen LogP contribution >= 0.6 is 0 Å². The molecule has 1 heterocycles. The van der Waals surface area contributed by atoms with Crippen LogP contribution in [0.2, 0.25) is 0 Å². The molecule has 1 aliphatic rings. The summed E-state index contributed by atoms with van der Waals surface area (Å²) in [4.78, 5) is 0. The summed E-state index contributed by atoms with van der Waals surface area (Å²) in [5.41, 5.74) is 0.608. The molecule has 5 heteroatoms. The van der Waals surface area contributed by atoms with Crippen LogP contribution in [0.25, 0.3) is 0 Å². The number of hydrogen-bond acceptors (Lipinski definition) is 3. The molecule has 2 rings (SSSR count). The van der Waals surface area contributed by atoms with Gasteiger partial charge in [0, 0.05) is 6.07 Å². The average Bonchev–Trinajstić information content (AvgIpc) is 2.01. The highest BCUT2D eigenvalue weighted by Crippen LogP contribution is 2.33. The van der Waals surface area contributed by atoms with Gasteiger partial charge in [0.2, 0.25) is 0 Å². The number of fused-ring (bicyclic) bond motifs is 1. The molecule has 0 saturated heterocycles. The molecule has 2 N–H and O–H groups in total. The number of phenolic OH excluding ortho intramolecular Hbond substituents is 1. The number of nitrogens with one attached hydrogen (secondary N) is 1. The van der Waals surface area contributed by atoms with E-state index < -0.39 is 5.34 Å². The zero-order valence-corrected chi connectivity index (χ0v) is 6.95. The predicted molar refractivity (Wildman–Crippen MR) is 51.5 cm³/mol. The van der Waals surface area contributed by atoms with Crippen LogP contribution in [0.15, 0.2) is 18.2 Å². The first-order chi connectivity index (χ1) is 6.07. The molecule has 0 fully saturated rings. The first-order valence-electron chi connectivity index (χ1n) is 3.89. The maximum absolute atomic E-state index is 9.18. The van der Waals surface area contributed by atoms with E-state index in [9.17, 15) is 5.11 Å². The van der Waals surface area contributed by atoms with Gasteiger partial charge in [0.15, 0.2) is 0 Å². The monoisotopic (exact) mass is 171 g/mol. The third-order valence-corrected chi connectivity index (χ3v) is 1.80. The van der Waals surface area contributed by atoms with Crippen LogP contribution < -0.4 is 10.1 Å². The van der Waals surface area contributed by atoms with Gasteiger partial charge in [0.05, 0.1) is 28.0 Å². The summed E-state index contributed by atoms with van der Waals surface area (Å²) in [5.74, 6) is 0.789. The van der Waals surface area contributed by atoms with Gasteiger partial charge in [0.1, 0.15) is 11.5 Å². The second-order valence-electron chi connectivity index (χ2n) is 3.13. The Morgan fingerprint density at radius 1 is 1.46 bits per heavy atom. The Balaban J connectivity index is 2.38. The van der Waals surface area contributed by atoms with E-state index in [0.717, 1.165) is 0 Å². The molecule has 1 aromatic carbocycles. The van der Waals surface area contributed by atoms with Crippen molar-refractivity contribution in [1.29, 1.82) is 0 Å². The summed E-state index contributed by atoms with van der Waals surface area (Å²) in [7, 11) is 11.2. The van der Waals surface area contributed by atoms with E-state index in [1.165, 1.54) is 6.07 Å². The lowest BCUT2D eigenvalue weighted by Crippen LogP contribution is -2.47. The summed E-state index contributed by atoms with van der Waals surface area (Å²) in [5, 5.41) is 11.0. The molecular formula is C8H7B2NO2. The Morgan fingerprint density at radius 3 is 3.00 bits per heavy atom. The normalized spacial score (nSPS) is 18.2. The van der Waals surface area contributed by atoms with Gasteiger partial charge in [-0.3, -0.25) is 0 Å². The molecule has 0 atom stereocenters. The maximum atomic E-state index is 9.18. The van der Waals surface area contributed by atoms with Crippen LogP contribution in [0, 0.1) is 0 Å². The van der Waals surface area contributed by atoms with Crippen molar-refractivity contribution in [2.24, 2.45) is 0 Å². The van der Waals surface area contributed by atoms with E-state index in [0.29, 0.717) is 11.4 Å². The van der Waals surface area contributed by atoms with Gasteiger partial charge in [0.25, 0.3) is 0 Å². The smallest absolute Gasteiger partial charge is 0.142 e. The third-order valence-electron chi connectivity index (χ3n) is 1.80. The molecule has 0 aliphatic carbocycles. The molecular weight excluding hydrogens is 164 g/mol. The van der Waals surface area contributed by atoms with Gasteiger partial charge >= 0.3 is 0 Å². The van der Waals surface area contributed by atoms with Gasteiger partial charge in [-0.05, 0) is 17.5 Å². The van der Waals surface area contributed by atoms with Crippen LogP contribution in [0.3, 0.4) is 0 Å². The Bertz CT molecular complexity index is 341. The van der Waals surface area contributed by atoms with Crippen LogP contribution in [0.1, 0.15) is 0 Å². The fraction of sp³-hybridized carbons (Fsp3) is 0.250. The lowest BCUT2D eigenvalue weighted by atomic mass is 9.62. The number of aromatic hydroxyl groups is 1. The lowest BCUT2D eigenvalue weighted by molar-refractivity contribution is 0.298. The zero-order valence-electron chi connectivity index (χ0n) is 6.95. The van der Waals surface area contributed by atoms with E-state index in [2.05, 4.69) is 5.32 Å². The lowest BCUT2D eigenvalue weighted by Gasteiger charge is -2.34. The van der Waals surface area contributed by atoms with Gasteiger partial charge < -0.3 is 15.2 Å². The molecule has 0 bridgehead atoms. The van der Waals surface area contributed by atoms with Gasteiger partial charge in [-0.2, -0.15) is 0 Å². The standard InChI is InChI=1S/C8H7B2NO2/c9-8(10)4-13-7-2-1-5(12)3-6(7)11-8/h1-3,11-12H,4H2. The molecule has 0 unspecified atom stereocenters. The first-order valence-corrected chi connectivity index (χ1v) is 3.89. The molecule has 0 amide bonds. The van der Waals surface area contributed by atoms with E-state index in [-0.39, 0.29) is 12.4 Å². The minimum Gasteiger partial charge on any atom is -0.508 e. The number of hydrogen-bond donors (Lipinski definition) is 2. The zero-order chi connectivity index (χ0) is 9.47. The Morgan fingerprint density at radius 2 is 2.23 bits per heavy atom. The van der Waals surface area contributed by atoms with E-state index in [4.69, 9.17) is 20.4 Å². The molecule has 4 radical (unpaired) electrons. The number of ether oxygens (including phenoxy) is 1. The SMILES string of the molecule is [B]C1([B])COc2ccc(O)cc2N1. The number of phenols is 1. The molecule has 1 aliphatic heterocycles. The average molecular weight is 171 g/mol. The Kier molecular flexibility index (Phi) is 1.68. The topological polar surface area (TPSA) is 41.5 Å². The second-order valence-corrected chi connectivity index (χ2v) is 3.13. The van der Waals surface area contributed by atoms with Crippen molar-refractivity contribution in [2.45, 2.75) is 5.34 Å². The number of benzene rings is 1. The molecule has 3 nitrogen and oxygen atoms in total. The van der Waals surface area contributed by atoms with Crippen LogP contribution in [-0.4, -0.2) is 32.7 Å². The van der Waals surface area contributed by atoms with Crippen LogP contribution in [0.5, 0.6) is 11.5 Å². The van der Waals surface area contributed by atoms with Crippen molar-refractivity contribution in [3.8, 4) is 11.5 Å². The van der Waals surface area contributed by atoms with Crippen LogP contribution in [0.4, 0.5) is 5.69 Å². The van der Waals surface area contributed by atoms with Crippen LogP contribution in [-0.2, 0) is 0 Å². The highest BCUT2D eigenvalue weighted by molar-refractivity contribution is 6.42. The minimum atomic E-state index is -1.07. The highest BCUT2D eigenvalue weighted by Gasteiger charge is 2.24. The fourth-order valence-corrected chi connectivity index (χ4v) is 1.23. The summed E-state index contributed by atoms with van der Waals surface area (Å²) in [6, 6.07) is 4.72. The van der Waals surface area contributed by atoms with Gasteiger partial charge in [-0.15, -0.1) is 0 Å². The summed E-state index contributed by atoms with van der Waals surface area (Å²) in [6.45, 7) is 0.199. The van der Waals surface area contributed by atoms with Crippen molar-refractivity contribution in [3.63, 3.8) is 0 Å². The van der Waals surface area contributed by atoms with Crippen molar-refractivity contribution in [1.82, 2.24) is 0 Å². The Labute approximate surface area is 78.9 Å².